The molecule has 1 saturated carbocycles. The maximum absolute atomic E-state index is 15.0. The Morgan fingerprint density at radius 1 is 1.17 bits per heavy atom. The second-order valence-electron chi connectivity index (χ2n) is 8.95. The first-order chi connectivity index (χ1) is 16.5. The van der Waals surface area contributed by atoms with Gasteiger partial charge in [-0.3, -0.25) is 15.2 Å². The lowest BCUT2D eigenvalue weighted by Gasteiger charge is -2.37. The molecule has 35 heavy (non-hydrogen) atoms. The summed E-state index contributed by atoms with van der Waals surface area (Å²) in [4.78, 5) is 25.1. The van der Waals surface area contributed by atoms with E-state index in [-0.39, 0.29) is 22.8 Å². The fourth-order valence-corrected chi connectivity index (χ4v) is 4.12. The third-order valence-electron chi connectivity index (χ3n) is 6.16. The monoisotopic (exact) mass is 484 g/mol. The van der Waals surface area contributed by atoms with Gasteiger partial charge in [-0.15, -0.1) is 0 Å². The molecule has 0 bridgehead atoms. The van der Waals surface area contributed by atoms with Crippen LogP contribution in [-0.4, -0.2) is 26.7 Å². The smallest absolute Gasteiger partial charge is 0.360 e. The van der Waals surface area contributed by atoms with Crippen LogP contribution in [0.5, 0.6) is 0 Å². The minimum atomic E-state index is -4.56. The van der Waals surface area contributed by atoms with Crippen LogP contribution >= 0.6 is 0 Å². The van der Waals surface area contributed by atoms with E-state index in [4.69, 9.17) is 5.41 Å². The summed E-state index contributed by atoms with van der Waals surface area (Å²) in [5, 5.41) is 14.0. The zero-order valence-corrected chi connectivity index (χ0v) is 18.5. The Balaban J connectivity index is 1.40. The van der Waals surface area contributed by atoms with Crippen molar-refractivity contribution in [2.45, 2.75) is 43.8 Å². The molecule has 0 unspecified atom stereocenters. The van der Waals surface area contributed by atoms with E-state index in [1.165, 1.54) is 18.2 Å². The number of pyridine rings is 1. The third-order valence-corrected chi connectivity index (χ3v) is 6.16. The number of nitrogens with zero attached hydrogens (tertiary/aromatic N) is 3. The predicted molar refractivity (Wildman–Crippen MR) is 119 cm³/mol. The maximum Gasteiger partial charge on any atom is 0.417 e. The van der Waals surface area contributed by atoms with Crippen molar-refractivity contribution in [2.24, 2.45) is 0 Å². The molecule has 180 valence electrons. The molecule has 1 amide bonds. The van der Waals surface area contributed by atoms with E-state index in [9.17, 15) is 22.4 Å². The standard InChI is InChI=1S/C24H20F4N6O/c1-23(9-19-15(20(29)34-23)11-31-21(33-19)12-2-3-12)16-8-14(5-6-17(16)25)32-22(35)18-7-4-13(10-30-18)24(26,27)28/h4-8,10-12H,2-3,9H2,1H3,(H2,29,34)(H,32,35)/t23-/m0/s1. The van der Waals surface area contributed by atoms with Crippen molar-refractivity contribution in [1.82, 2.24) is 20.3 Å². The number of hydrogen-bond donors (Lipinski definition) is 3. The van der Waals surface area contributed by atoms with Crippen molar-refractivity contribution in [2.75, 3.05) is 5.32 Å². The van der Waals surface area contributed by atoms with Gasteiger partial charge in [-0.25, -0.2) is 14.4 Å². The molecule has 3 heterocycles. The quantitative estimate of drug-likeness (QED) is 0.472. The number of aromatic nitrogens is 3. The van der Waals surface area contributed by atoms with Crippen molar-refractivity contribution >= 4 is 17.4 Å². The highest BCUT2D eigenvalue weighted by atomic mass is 19.4. The molecule has 1 aliphatic carbocycles. The van der Waals surface area contributed by atoms with E-state index in [1.54, 1.807) is 13.1 Å². The van der Waals surface area contributed by atoms with E-state index in [0.717, 1.165) is 30.8 Å². The summed E-state index contributed by atoms with van der Waals surface area (Å²) in [6.45, 7) is 1.74. The summed E-state index contributed by atoms with van der Waals surface area (Å²) in [7, 11) is 0. The van der Waals surface area contributed by atoms with E-state index >= 15 is 0 Å². The van der Waals surface area contributed by atoms with Gasteiger partial charge >= 0.3 is 6.18 Å². The van der Waals surface area contributed by atoms with Gasteiger partial charge in [-0.05, 0) is 50.1 Å². The van der Waals surface area contributed by atoms with Gasteiger partial charge in [0.25, 0.3) is 5.91 Å². The minimum absolute atomic E-state index is 0.0684. The third kappa shape index (κ3) is 4.45. The summed E-state index contributed by atoms with van der Waals surface area (Å²) in [6.07, 6.45) is -0.0195. The first kappa shape index (κ1) is 22.9. The Bertz CT molecular complexity index is 1340. The lowest BCUT2D eigenvalue weighted by molar-refractivity contribution is -0.137. The number of carbonyl (C=O) groups excluding carboxylic acids is 1. The summed E-state index contributed by atoms with van der Waals surface area (Å²) in [5.74, 6) is -0.161. The molecule has 1 fully saturated rings. The number of hydrogen-bond acceptors (Lipinski definition) is 5. The van der Waals surface area contributed by atoms with Gasteiger partial charge in [0.05, 0.1) is 22.4 Å². The Hall–Kier alpha value is -3.89. The summed E-state index contributed by atoms with van der Waals surface area (Å²) in [5.41, 5.74) is -0.568. The molecule has 1 aromatic carbocycles. The molecule has 5 rings (SSSR count). The maximum atomic E-state index is 15.0. The van der Waals surface area contributed by atoms with Gasteiger partial charge in [-0.1, -0.05) is 0 Å². The van der Waals surface area contributed by atoms with Crippen LogP contribution in [0.25, 0.3) is 0 Å². The number of nitrogens with one attached hydrogen (secondary N) is 3. The van der Waals surface area contributed by atoms with Crippen molar-refractivity contribution < 1.29 is 22.4 Å². The van der Waals surface area contributed by atoms with Crippen molar-refractivity contribution in [1.29, 1.82) is 5.41 Å². The van der Waals surface area contributed by atoms with Crippen LogP contribution in [0.2, 0.25) is 0 Å². The number of alkyl halides is 3. The first-order valence-corrected chi connectivity index (χ1v) is 10.9. The number of halogens is 4. The van der Waals surface area contributed by atoms with Gasteiger partial charge < -0.3 is 10.6 Å². The van der Waals surface area contributed by atoms with Crippen LogP contribution in [0.1, 0.15) is 64.4 Å². The molecule has 0 radical (unpaired) electrons. The molecular formula is C24H20F4N6O. The second kappa shape index (κ2) is 8.10. The molecule has 11 heteroatoms. The number of amides is 1. The molecule has 1 atom stereocenters. The van der Waals surface area contributed by atoms with Gasteiger partial charge in [0.15, 0.2) is 0 Å². The Morgan fingerprint density at radius 2 is 1.94 bits per heavy atom. The number of rotatable bonds is 4. The average molecular weight is 484 g/mol. The van der Waals surface area contributed by atoms with Crippen LogP contribution in [0.3, 0.4) is 0 Å². The molecule has 3 N–H and O–H groups in total. The van der Waals surface area contributed by atoms with E-state index in [2.05, 4.69) is 25.6 Å². The van der Waals surface area contributed by atoms with Crippen LogP contribution in [0, 0.1) is 11.2 Å². The summed E-state index contributed by atoms with van der Waals surface area (Å²) >= 11 is 0. The van der Waals surface area contributed by atoms with Gasteiger partial charge in [0.2, 0.25) is 0 Å². The Morgan fingerprint density at radius 3 is 2.60 bits per heavy atom. The Kier molecular flexibility index (Phi) is 5.30. The fraction of sp³-hybridized carbons (Fsp3) is 0.292. The van der Waals surface area contributed by atoms with Gasteiger partial charge in [0, 0.05) is 36.0 Å². The van der Waals surface area contributed by atoms with Crippen LogP contribution in [0.4, 0.5) is 23.2 Å². The minimum Gasteiger partial charge on any atom is -0.360 e. The SMILES string of the molecule is C[C@@]1(c2cc(NC(=O)c3ccc(C(F)(F)F)cn3)ccc2F)Cc2nc(C3CC3)ncc2C(=N)N1. The van der Waals surface area contributed by atoms with E-state index in [0.29, 0.717) is 29.8 Å². The van der Waals surface area contributed by atoms with Crippen molar-refractivity contribution in [3.63, 3.8) is 0 Å². The van der Waals surface area contributed by atoms with Crippen LogP contribution < -0.4 is 10.6 Å². The van der Waals surface area contributed by atoms with Crippen molar-refractivity contribution in [3.05, 3.63) is 82.4 Å². The number of amidine groups is 1. The number of carbonyl (C=O) groups is 1. The van der Waals surface area contributed by atoms with Crippen LogP contribution in [0.15, 0.2) is 42.7 Å². The number of fused-ring (bicyclic) bond motifs is 1. The molecule has 2 aromatic heterocycles. The zero-order chi connectivity index (χ0) is 25.0. The second-order valence-corrected chi connectivity index (χ2v) is 8.95. The number of benzene rings is 1. The lowest BCUT2D eigenvalue weighted by Crippen LogP contribution is -2.50. The lowest BCUT2D eigenvalue weighted by atomic mass is 9.82. The topological polar surface area (TPSA) is 104 Å². The zero-order valence-electron chi connectivity index (χ0n) is 18.5. The molecule has 3 aromatic rings. The average Bonchev–Trinajstić information content (AvgIpc) is 3.65. The molecular weight excluding hydrogens is 464 g/mol. The van der Waals surface area contributed by atoms with Crippen LogP contribution in [-0.2, 0) is 18.1 Å². The van der Waals surface area contributed by atoms with Gasteiger partial charge in [-0.2, -0.15) is 13.2 Å². The number of anilines is 1. The largest absolute Gasteiger partial charge is 0.417 e. The normalized spacial score (nSPS) is 19.6. The highest BCUT2D eigenvalue weighted by molar-refractivity contribution is 6.03. The van der Waals surface area contributed by atoms with Crippen molar-refractivity contribution in [3.8, 4) is 0 Å². The van der Waals surface area contributed by atoms with E-state index in [1.807, 2.05) is 0 Å². The highest BCUT2D eigenvalue weighted by Gasteiger charge is 2.38. The van der Waals surface area contributed by atoms with E-state index < -0.39 is 29.0 Å². The highest BCUT2D eigenvalue weighted by Crippen LogP contribution is 2.39. The van der Waals surface area contributed by atoms with Gasteiger partial charge in [0.1, 0.15) is 23.2 Å². The molecule has 0 spiro atoms. The molecule has 2 aliphatic rings. The summed E-state index contributed by atoms with van der Waals surface area (Å²) in [6, 6.07) is 5.71. The predicted octanol–water partition coefficient (Wildman–Crippen LogP) is 4.55. The molecule has 7 nitrogen and oxygen atoms in total. The Labute approximate surface area is 197 Å². The fourth-order valence-electron chi connectivity index (χ4n) is 4.12. The first-order valence-electron chi connectivity index (χ1n) is 10.9. The molecule has 0 saturated heterocycles. The summed E-state index contributed by atoms with van der Waals surface area (Å²) < 4.78 is 53.2. The molecule has 1 aliphatic heterocycles.